The normalized spacial score (nSPS) is 4.36. The minimum absolute atomic E-state index is 0. The van der Waals surface area contributed by atoms with E-state index in [0.717, 1.165) is 0 Å². The number of hydrogen-bond donors (Lipinski definition) is 2. The monoisotopic (exact) mass is 248 g/mol. The van der Waals surface area contributed by atoms with Gasteiger partial charge in [0.25, 0.3) is 0 Å². The number of thiocarbonyl (C=S) groups is 2. The van der Waals surface area contributed by atoms with Gasteiger partial charge in [0.05, 0.1) is 0 Å². The zero-order chi connectivity index (χ0) is 7.15. The maximum Gasteiger partial charge on any atom is 1.00 e. The molecule has 0 bridgehead atoms. The van der Waals surface area contributed by atoms with E-state index in [-0.39, 0.29) is 73.2 Å². The Morgan fingerprint density at radius 2 is 0.909 bits per heavy atom. The molecule has 0 atom stereocenters. The molecule has 0 amide bonds. The van der Waals surface area contributed by atoms with Gasteiger partial charge in [-0.3, -0.25) is 0 Å². The van der Waals surface area contributed by atoms with E-state index in [9.17, 15) is 0 Å². The Hall–Kier alpha value is 2.18. The first-order valence-corrected chi connectivity index (χ1v) is 3.03. The summed E-state index contributed by atoms with van der Waals surface area (Å²) in [4.78, 5) is 0. The molecular formula is C2H6N2Na2OS4. The largest absolute Gasteiger partial charge is 1.00 e. The van der Waals surface area contributed by atoms with Crippen LogP contribution >= 0.6 is 24.4 Å². The van der Waals surface area contributed by atoms with E-state index in [2.05, 4.69) is 61.2 Å². The van der Waals surface area contributed by atoms with Gasteiger partial charge in [-0.2, -0.15) is 0 Å². The van der Waals surface area contributed by atoms with Crippen LogP contribution in [0, 0.1) is 0 Å². The van der Waals surface area contributed by atoms with Crippen molar-refractivity contribution in [2.45, 2.75) is 0 Å². The van der Waals surface area contributed by atoms with Gasteiger partial charge < -0.3 is 66.6 Å². The molecule has 0 unspecified atom stereocenters. The van der Waals surface area contributed by atoms with Gasteiger partial charge in [-0.25, -0.2) is 0 Å². The molecule has 0 aliphatic carbocycles. The predicted octanol–water partition coefficient (Wildman–Crippen LogP) is -7.26. The number of hydrogen-bond acceptors (Lipinski definition) is 4. The molecule has 3 nitrogen and oxygen atoms in total. The second-order valence-corrected chi connectivity index (χ2v) is 2.91. The summed E-state index contributed by atoms with van der Waals surface area (Å²) in [5.41, 5.74) is 9.31. The molecule has 0 aromatic carbocycles. The first-order chi connectivity index (χ1) is 3.46. The Morgan fingerprint density at radius 3 is 0.909 bits per heavy atom. The molecule has 0 aliphatic heterocycles. The second-order valence-electron chi connectivity index (χ2n) is 0.638. The van der Waals surface area contributed by atoms with E-state index in [1.165, 1.54) is 0 Å². The summed E-state index contributed by atoms with van der Waals surface area (Å²) in [7, 11) is 0. The van der Waals surface area contributed by atoms with Crippen molar-refractivity contribution in [3.05, 3.63) is 0 Å². The summed E-state index contributed by atoms with van der Waals surface area (Å²) < 4.78 is 0.167. The molecule has 56 valence electrons. The third kappa shape index (κ3) is 266. The Balaban J connectivity index is -0.0000000171. The van der Waals surface area contributed by atoms with Crippen LogP contribution in [-0.4, -0.2) is 14.1 Å². The average molecular weight is 248 g/mol. The molecule has 0 saturated carbocycles. The molecule has 0 fully saturated rings. The molecule has 0 aromatic rings. The van der Waals surface area contributed by atoms with Crippen molar-refractivity contribution in [3.8, 4) is 0 Å². The predicted molar refractivity (Wildman–Crippen MR) is 51.9 cm³/mol. The third-order valence-corrected chi connectivity index (χ3v) is 0. The van der Waals surface area contributed by atoms with Gasteiger partial charge in [-0.15, -0.1) is 0 Å². The van der Waals surface area contributed by atoms with Crippen LogP contribution in [0.25, 0.3) is 0 Å². The SMILES string of the molecule is NC(=S)[S-].NC(=S)[S-].O.[Na+].[Na+]. The van der Waals surface area contributed by atoms with Gasteiger partial charge in [0, 0.05) is 0 Å². The van der Waals surface area contributed by atoms with Crippen molar-refractivity contribution in [3.63, 3.8) is 0 Å². The van der Waals surface area contributed by atoms with E-state index in [1.54, 1.807) is 0 Å². The van der Waals surface area contributed by atoms with Crippen molar-refractivity contribution in [2.24, 2.45) is 11.5 Å². The molecule has 0 radical (unpaired) electrons. The van der Waals surface area contributed by atoms with Crippen LogP contribution in [0.5, 0.6) is 0 Å². The molecule has 6 N–H and O–H groups in total. The van der Waals surface area contributed by atoms with Gasteiger partial charge in [-0.05, 0) is 0 Å². The summed E-state index contributed by atoms with van der Waals surface area (Å²) >= 11 is 16.5. The first-order valence-electron chi connectivity index (χ1n) is 1.39. The molecule has 0 aliphatic rings. The Kier molecular flexibility index (Phi) is 60.4. The van der Waals surface area contributed by atoms with Gasteiger partial charge >= 0.3 is 59.1 Å². The minimum atomic E-state index is 0. The Labute approximate surface area is 132 Å². The van der Waals surface area contributed by atoms with E-state index in [0.29, 0.717) is 0 Å². The number of nitrogens with two attached hydrogens (primary N) is 2. The third-order valence-electron chi connectivity index (χ3n) is 0. The fraction of sp³-hybridized carbons (Fsp3) is 0. The van der Waals surface area contributed by atoms with Crippen LogP contribution < -0.4 is 70.6 Å². The van der Waals surface area contributed by atoms with Crippen molar-refractivity contribution in [1.29, 1.82) is 0 Å². The second kappa shape index (κ2) is 22.8. The van der Waals surface area contributed by atoms with Crippen molar-refractivity contribution in [2.75, 3.05) is 0 Å². The van der Waals surface area contributed by atoms with Crippen LogP contribution in [0.3, 0.4) is 0 Å². The van der Waals surface area contributed by atoms with Gasteiger partial charge in [0.2, 0.25) is 0 Å². The van der Waals surface area contributed by atoms with Gasteiger partial charge in [-0.1, -0.05) is 8.64 Å². The molecule has 0 rings (SSSR count). The van der Waals surface area contributed by atoms with E-state index >= 15 is 0 Å². The molecular weight excluding hydrogens is 242 g/mol. The first kappa shape index (κ1) is 29.2. The fourth-order valence-corrected chi connectivity index (χ4v) is 0. The van der Waals surface area contributed by atoms with Gasteiger partial charge in [0.15, 0.2) is 0 Å². The molecule has 0 heterocycles. The smallest absolute Gasteiger partial charge is 0.415 e. The quantitative estimate of drug-likeness (QED) is 0.252. The Morgan fingerprint density at radius 1 is 0.909 bits per heavy atom. The topological polar surface area (TPSA) is 83.5 Å². The standard InChI is InChI=1S/2CH3NS2.2Na.H2O/c2*2-1(3)4;;;/h2*(H3,2,3,4);;;1H2/q;;2*+1;/p-2. The summed E-state index contributed by atoms with van der Waals surface area (Å²) in [5.74, 6) is 0. The minimum Gasteiger partial charge on any atom is -0.415 e. The van der Waals surface area contributed by atoms with Crippen LogP contribution in [-0.2, 0) is 25.3 Å². The van der Waals surface area contributed by atoms with Crippen molar-refractivity contribution in [1.82, 2.24) is 0 Å². The van der Waals surface area contributed by atoms with Crippen LogP contribution in [0.15, 0.2) is 0 Å². The molecule has 11 heavy (non-hydrogen) atoms. The summed E-state index contributed by atoms with van der Waals surface area (Å²) in [6.07, 6.45) is 0. The van der Waals surface area contributed by atoms with Crippen molar-refractivity contribution >= 4 is 58.3 Å². The summed E-state index contributed by atoms with van der Waals surface area (Å²) in [6.45, 7) is 0. The van der Waals surface area contributed by atoms with Crippen LogP contribution in [0.2, 0.25) is 0 Å². The van der Waals surface area contributed by atoms with E-state index in [4.69, 9.17) is 0 Å². The Bertz CT molecular complexity index is 82.1. The molecule has 0 saturated heterocycles. The zero-order valence-electron chi connectivity index (χ0n) is 6.29. The van der Waals surface area contributed by atoms with Crippen molar-refractivity contribution < 1.29 is 64.6 Å². The van der Waals surface area contributed by atoms with Crippen LogP contribution in [0.1, 0.15) is 0 Å². The number of rotatable bonds is 0. The molecule has 0 spiro atoms. The fourth-order valence-electron chi connectivity index (χ4n) is 0. The summed E-state index contributed by atoms with van der Waals surface area (Å²) in [5, 5.41) is 0. The maximum atomic E-state index is 4.66. The van der Waals surface area contributed by atoms with E-state index < -0.39 is 0 Å². The van der Waals surface area contributed by atoms with Gasteiger partial charge in [0.1, 0.15) is 0 Å². The maximum absolute atomic E-state index is 4.66. The van der Waals surface area contributed by atoms with Crippen LogP contribution in [0.4, 0.5) is 0 Å². The van der Waals surface area contributed by atoms with E-state index in [1.807, 2.05) is 0 Å². The molecule has 0 aromatic heterocycles. The molecule has 9 heteroatoms. The summed E-state index contributed by atoms with van der Waals surface area (Å²) in [6, 6.07) is 0. The average Bonchev–Trinajstić information content (AvgIpc) is 1.25. The zero-order valence-corrected chi connectivity index (χ0v) is 13.6.